The molecule has 0 radical (unpaired) electrons. The molecule has 0 spiro atoms. The topological polar surface area (TPSA) is 30.0 Å². The third-order valence-corrected chi connectivity index (χ3v) is 7.01. The van der Waals surface area contributed by atoms with E-state index in [9.17, 15) is 4.79 Å². The first-order chi connectivity index (χ1) is 15.6. The summed E-state index contributed by atoms with van der Waals surface area (Å²) in [5, 5.41) is 1.96. The van der Waals surface area contributed by atoms with Crippen LogP contribution in [0.3, 0.4) is 0 Å². The first kappa shape index (κ1) is 19.6. The molecule has 1 aliphatic carbocycles. The highest BCUT2D eigenvalue weighted by atomic mass is 79.9. The summed E-state index contributed by atoms with van der Waals surface area (Å²) >= 11 is 7.08. The molecular formula is C28H15Br2NO. The predicted octanol–water partition coefficient (Wildman–Crippen LogP) is 8.31. The molecule has 0 N–H and O–H groups in total. The molecule has 1 aromatic heterocycles. The van der Waals surface area contributed by atoms with Crippen LogP contribution in [0.5, 0.6) is 0 Å². The summed E-state index contributed by atoms with van der Waals surface area (Å²) in [5.41, 5.74) is 7.21. The summed E-state index contributed by atoms with van der Waals surface area (Å²) in [5.74, 6) is 0.0543. The van der Waals surface area contributed by atoms with Crippen molar-refractivity contribution in [3.63, 3.8) is 0 Å². The van der Waals surface area contributed by atoms with Crippen molar-refractivity contribution in [1.82, 2.24) is 4.98 Å². The van der Waals surface area contributed by atoms with Crippen LogP contribution in [0.4, 0.5) is 0 Å². The van der Waals surface area contributed by atoms with Crippen LogP contribution in [0.2, 0.25) is 0 Å². The van der Waals surface area contributed by atoms with Crippen LogP contribution in [0.25, 0.3) is 44.4 Å². The van der Waals surface area contributed by atoms with Crippen LogP contribution in [0, 0.1) is 0 Å². The van der Waals surface area contributed by atoms with E-state index in [-0.39, 0.29) is 5.78 Å². The molecule has 0 saturated heterocycles. The molecule has 0 saturated carbocycles. The normalized spacial score (nSPS) is 12.1. The molecule has 32 heavy (non-hydrogen) atoms. The molecule has 5 aromatic rings. The lowest BCUT2D eigenvalue weighted by Gasteiger charge is -2.23. The van der Waals surface area contributed by atoms with Crippen molar-refractivity contribution in [3.8, 4) is 33.6 Å². The lowest BCUT2D eigenvalue weighted by molar-refractivity contribution is 0.104. The quantitative estimate of drug-likeness (QED) is 0.221. The molecule has 2 nitrogen and oxygen atoms in total. The highest BCUT2D eigenvalue weighted by Crippen LogP contribution is 2.45. The Labute approximate surface area is 202 Å². The summed E-state index contributed by atoms with van der Waals surface area (Å²) in [6.07, 6.45) is 0. The van der Waals surface area contributed by atoms with Crippen LogP contribution in [0.15, 0.2) is 99.9 Å². The van der Waals surface area contributed by atoms with E-state index < -0.39 is 0 Å². The van der Waals surface area contributed by atoms with Crippen LogP contribution in [-0.2, 0) is 0 Å². The maximum absolute atomic E-state index is 13.3. The number of carbonyl (C=O) groups excluding carboxylic acids is 1. The first-order valence-corrected chi connectivity index (χ1v) is 11.8. The average Bonchev–Trinajstić information content (AvgIpc) is 2.83. The number of nitrogens with zero attached hydrogens (tertiary/aromatic N) is 1. The van der Waals surface area contributed by atoms with Crippen molar-refractivity contribution in [2.75, 3.05) is 0 Å². The van der Waals surface area contributed by atoms with Gasteiger partial charge in [-0.3, -0.25) is 4.79 Å². The Kier molecular flexibility index (Phi) is 4.60. The predicted molar refractivity (Wildman–Crippen MR) is 137 cm³/mol. The molecule has 0 bridgehead atoms. The number of carbonyl (C=O) groups is 1. The second-order valence-electron chi connectivity index (χ2n) is 7.80. The fourth-order valence-electron chi connectivity index (χ4n) is 4.51. The van der Waals surface area contributed by atoms with Gasteiger partial charge in [-0.1, -0.05) is 98.6 Å². The largest absolute Gasteiger partial charge is 0.289 e. The summed E-state index contributed by atoms with van der Waals surface area (Å²) in [6.45, 7) is 0. The lowest BCUT2D eigenvalue weighted by Crippen LogP contribution is -2.11. The molecule has 4 heteroatoms. The van der Waals surface area contributed by atoms with Gasteiger partial charge in [0, 0.05) is 42.1 Å². The van der Waals surface area contributed by atoms with Crippen molar-refractivity contribution in [2.24, 2.45) is 0 Å². The maximum atomic E-state index is 13.3. The van der Waals surface area contributed by atoms with Crippen LogP contribution in [-0.4, -0.2) is 10.8 Å². The Morgan fingerprint density at radius 1 is 0.562 bits per heavy atom. The van der Waals surface area contributed by atoms with Gasteiger partial charge in [-0.2, -0.15) is 0 Å². The van der Waals surface area contributed by atoms with E-state index in [0.29, 0.717) is 11.1 Å². The van der Waals surface area contributed by atoms with Crippen molar-refractivity contribution < 1.29 is 4.79 Å². The van der Waals surface area contributed by atoms with E-state index in [0.717, 1.165) is 53.4 Å². The molecule has 0 atom stereocenters. The van der Waals surface area contributed by atoms with Gasteiger partial charge in [0.25, 0.3) is 0 Å². The zero-order valence-electron chi connectivity index (χ0n) is 16.8. The minimum absolute atomic E-state index is 0.0543. The van der Waals surface area contributed by atoms with Gasteiger partial charge >= 0.3 is 0 Å². The third kappa shape index (κ3) is 2.98. The van der Waals surface area contributed by atoms with E-state index in [1.807, 2.05) is 60.7 Å². The molecule has 0 aliphatic heterocycles. The highest BCUT2D eigenvalue weighted by Gasteiger charge is 2.28. The zero-order chi connectivity index (χ0) is 21.8. The Morgan fingerprint density at radius 3 is 1.84 bits per heavy atom. The number of fused-ring (bicyclic) bond motifs is 2. The number of hydrogen-bond donors (Lipinski definition) is 0. The smallest absolute Gasteiger partial charge is 0.194 e. The minimum atomic E-state index is 0.0543. The minimum Gasteiger partial charge on any atom is -0.289 e. The summed E-state index contributed by atoms with van der Waals surface area (Å²) in [6, 6.07) is 30.2. The molecule has 6 rings (SSSR count). The summed E-state index contributed by atoms with van der Waals surface area (Å²) < 4.78 is 2.04. The standard InChI is InChI=1S/C28H15Br2NO/c29-18-12-8-16(9-13-18)24-22-6-3-7-23-25(22)27(20-4-1-2-5-21(20)28(23)32)31-26(24)17-10-14-19(30)15-11-17/h1-15H. The van der Waals surface area contributed by atoms with E-state index in [1.54, 1.807) is 0 Å². The molecule has 1 aliphatic rings. The maximum Gasteiger partial charge on any atom is 0.194 e. The highest BCUT2D eigenvalue weighted by molar-refractivity contribution is 9.10. The van der Waals surface area contributed by atoms with Gasteiger partial charge in [0.1, 0.15) is 0 Å². The van der Waals surface area contributed by atoms with Gasteiger partial charge in [-0.15, -0.1) is 0 Å². The third-order valence-electron chi connectivity index (χ3n) is 5.95. The monoisotopic (exact) mass is 539 g/mol. The molecule has 4 aromatic carbocycles. The molecule has 152 valence electrons. The average molecular weight is 541 g/mol. The molecule has 0 unspecified atom stereocenters. The Bertz CT molecular complexity index is 1540. The lowest BCUT2D eigenvalue weighted by atomic mass is 9.82. The SMILES string of the molecule is O=C1c2ccccc2-c2nc(-c3ccc(Br)cc3)c(-c3ccc(Br)cc3)c3cccc1c23. The van der Waals surface area contributed by atoms with Crippen LogP contribution in [0.1, 0.15) is 15.9 Å². The number of aromatic nitrogens is 1. The van der Waals surface area contributed by atoms with E-state index >= 15 is 0 Å². The summed E-state index contributed by atoms with van der Waals surface area (Å²) in [7, 11) is 0. The molecule has 1 heterocycles. The number of benzene rings is 4. The fraction of sp³-hybridized carbons (Fsp3) is 0. The van der Waals surface area contributed by atoms with Gasteiger partial charge in [0.15, 0.2) is 5.78 Å². The first-order valence-electron chi connectivity index (χ1n) is 10.2. The van der Waals surface area contributed by atoms with Gasteiger partial charge in [0.05, 0.1) is 11.4 Å². The van der Waals surface area contributed by atoms with E-state index in [4.69, 9.17) is 4.98 Å². The fourth-order valence-corrected chi connectivity index (χ4v) is 5.04. The number of pyridine rings is 1. The molecule has 0 amide bonds. The number of hydrogen-bond acceptors (Lipinski definition) is 2. The van der Waals surface area contributed by atoms with Crippen molar-refractivity contribution in [3.05, 3.63) is 111 Å². The molecular weight excluding hydrogens is 526 g/mol. The van der Waals surface area contributed by atoms with Crippen molar-refractivity contribution in [1.29, 1.82) is 0 Å². The number of halogens is 2. The second kappa shape index (κ2) is 7.51. The Morgan fingerprint density at radius 2 is 1.16 bits per heavy atom. The van der Waals surface area contributed by atoms with E-state index in [2.05, 4.69) is 62.2 Å². The van der Waals surface area contributed by atoms with Crippen molar-refractivity contribution >= 4 is 48.4 Å². The Hall–Kier alpha value is -3.08. The zero-order valence-corrected chi connectivity index (χ0v) is 19.9. The summed E-state index contributed by atoms with van der Waals surface area (Å²) in [4.78, 5) is 18.6. The Balaban J connectivity index is 1.79. The van der Waals surface area contributed by atoms with Gasteiger partial charge in [-0.05, 0) is 35.2 Å². The van der Waals surface area contributed by atoms with Gasteiger partial charge < -0.3 is 0 Å². The van der Waals surface area contributed by atoms with Crippen LogP contribution >= 0.6 is 31.9 Å². The van der Waals surface area contributed by atoms with Gasteiger partial charge in [-0.25, -0.2) is 4.98 Å². The number of rotatable bonds is 2. The molecule has 0 fully saturated rings. The van der Waals surface area contributed by atoms with Crippen molar-refractivity contribution in [2.45, 2.75) is 0 Å². The van der Waals surface area contributed by atoms with Gasteiger partial charge in [0.2, 0.25) is 0 Å². The second-order valence-corrected chi connectivity index (χ2v) is 9.63. The van der Waals surface area contributed by atoms with Crippen LogP contribution < -0.4 is 0 Å². The van der Waals surface area contributed by atoms with E-state index in [1.165, 1.54) is 0 Å². The number of ketones is 1.